The normalized spacial score (nSPS) is 17.2. The van der Waals surface area contributed by atoms with Crippen LogP contribution in [-0.4, -0.2) is 23.0 Å². The van der Waals surface area contributed by atoms with Gasteiger partial charge in [0.25, 0.3) is 0 Å². The number of hydrogen-bond acceptors (Lipinski definition) is 4. The lowest BCUT2D eigenvalue weighted by molar-refractivity contribution is 0.227. The molecule has 226 valence electrons. The molecule has 1 aliphatic carbocycles. The minimum absolute atomic E-state index is 0.0307. The van der Waals surface area contributed by atoms with Crippen molar-refractivity contribution in [1.82, 2.24) is 15.0 Å². The van der Waals surface area contributed by atoms with Gasteiger partial charge in [0.1, 0.15) is 5.75 Å². The van der Waals surface area contributed by atoms with E-state index in [4.69, 9.17) is 25.2 Å². The highest BCUT2D eigenvalue weighted by molar-refractivity contribution is 6.88. The molecule has 1 unspecified atom stereocenters. The van der Waals surface area contributed by atoms with Gasteiger partial charge in [-0.15, -0.1) is 0 Å². The van der Waals surface area contributed by atoms with E-state index in [9.17, 15) is 0 Å². The summed E-state index contributed by atoms with van der Waals surface area (Å²) < 4.78 is 42.2. The third kappa shape index (κ3) is 4.86. The van der Waals surface area contributed by atoms with E-state index in [1.165, 1.54) is 22.3 Å². The maximum atomic E-state index is 9.04. The summed E-state index contributed by atoms with van der Waals surface area (Å²) in [7, 11) is -2.20. The molecule has 2 aliphatic rings. The first-order valence-corrected chi connectivity index (χ1v) is 19.3. The van der Waals surface area contributed by atoms with Crippen molar-refractivity contribution in [3.8, 4) is 50.8 Å². The van der Waals surface area contributed by atoms with Gasteiger partial charge in [-0.2, -0.15) is 0 Å². The molecule has 0 fully saturated rings. The lowest BCUT2D eigenvalue weighted by atomic mass is 9.81. The number of ether oxygens (including phenoxy) is 1. The number of rotatable bonds is 5. The second-order valence-electron chi connectivity index (χ2n) is 13.8. The molecule has 2 heterocycles. The topological polar surface area (TPSA) is 47.9 Å². The Morgan fingerprint density at radius 2 is 1.35 bits per heavy atom. The predicted octanol–water partition coefficient (Wildman–Crippen LogP) is 9.40. The summed E-state index contributed by atoms with van der Waals surface area (Å²) in [6, 6.07) is 30.9. The van der Waals surface area contributed by atoms with E-state index in [1.54, 1.807) is 0 Å². The summed E-state index contributed by atoms with van der Waals surface area (Å²) in [6.45, 7) is 10.6. The standard InChI is InChI=1S/C41H37N3OSi/c1-41(2)34-15-8-7-14-32(34)33-22-19-28(24-35(33)41)27-12-10-13-30(23-27)39-42-38(26-17-20-31(21-18-26)46(3,4)5)43-40(44-39)37-25-29-11-6-9-16-36(29)45-37/h6-24,37H,25H2,1-5H3/i17D,18D,20D,21D. The number of fused-ring (bicyclic) bond motifs is 4. The highest BCUT2D eigenvalue weighted by Crippen LogP contribution is 2.49. The van der Waals surface area contributed by atoms with Crippen LogP contribution in [0.1, 0.15) is 47.9 Å². The Morgan fingerprint density at radius 3 is 2.13 bits per heavy atom. The van der Waals surface area contributed by atoms with Crippen molar-refractivity contribution in [2.45, 2.75) is 51.4 Å². The van der Waals surface area contributed by atoms with Crippen LogP contribution < -0.4 is 9.92 Å². The van der Waals surface area contributed by atoms with Crippen LogP contribution in [0.2, 0.25) is 19.6 Å². The van der Waals surface area contributed by atoms with Crippen LogP contribution in [0.3, 0.4) is 0 Å². The van der Waals surface area contributed by atoms with Gasteiger partial charge in [0.2, 0.25) is 0 Å². The number of nitrogens with zero attached hydrogens (tertiary/aromatic N) is 3. The van der Waals surface area contributed by atoms with E-state index in [0.717, 1.165) is 28.0 Å². The molecule has 6 aromatic rings. The minimum atomic E-state index is -2.20. The second-order valence-corrected chi connectivity index (χ2v) is 18.8. The van der Waals surface area contributed by atoms with Crippen molar-refractivity contribution in [2.24, 2.45) is 0 Å². The van der Waals surface area contributed by atoms with Gasteiger partial charge < -0.3 is 4.74 Å². The first-order chi connectivity index (χ1) is 23.8. The molecule has 4 nitrogen and oxygen atoms in total. The van der Waals surface area contributed by atoms with Gasteiger partial charge >= 0.3 is 0 Å². The highest BCUT2D eigenvalue weighted by atomic mass is 28.3. The minimum Gasteiger partial charge on any atom is -0.482 e. The van der Waals surface area contributed by atoms with Crippen LogP contribution in [0.15, 0.2) is 115 Å². The number of hydrogen-bond donors (Lipinski definition) is 0. The van der Waals surface area contributed by atoms with Crippen LogP contribution in [0, 0.1) is 0 Å². The van der Waals surface area contributed by atoms with Crippen LogP contribution in [0.25, 0.3) is 45.0 Å². The zero-order valence-corrected chi connectivity index (χ0v) is 27.7. The Balaban J connectivity index is 1.27. The Hall–Kier alpha value is -4.87. The van der Waals surface area contributed by atoms with E-state index in [0.29, 0.717) is 23.3 Å². The number of aromatic nitrogens is 3. The smallest absolute Gasteiger partial charge is 0.174 e. The van der Waals surface area contributed by atoms with Crippen molar-refractivity contribution in [3.05, 3.63) is 138 Å². The molecule has 0 radical (unpaired) electrons. The van der Waals surface area contributed by atoms with Crippen LogP contribution in [-0.2, 0) is 11.8 Å². The van der Waals surface area contributed by atoms with Crippen LogP contribution in [0.4, 0.5) is 0 Å². The summed E-state index contributed by atoms with van der Waals surface area (Å²) in [4.78, 5) is 14.6. The molecular formula is C41H37N3OSi. The van der Waals surface area contributed by atoms with Crippen molar-refractivity contribution in [3.63, 3.8) is 0 Å². The third-order valence-corrected chi connectivity index (χ3v) is 11.0. The number of para-hydroxylation sites is 1. The average molecular weight is 620 g/mol. The van der Waals surface area contributed by atoms with Gasteiger partial charge in [-0.05, 0) is 57.1 Å². The molecule has 46 heavy (non-hydrogen) atoms. The Kier molecular flexibility index (Phi) is 5.62. The lowest BCUT2D eigenvalue weighted by Crippen LogP contribution is -2.37. The van der Waals surface area contributed by atoms with Crippen LogP contribution in [0.5, 0.6) is 5.75 Å². The molecule has 0 saturated heterocycles. The maximum Gasteiger partial charge on any atom is 0.174 e. The van der Waals surface area contributed by atoms with Crippen molar-refractivity contribution < 1.29 is 10.2 Å². The van der Waals surface area contributed by atoms with E-state index < -0.39 is 14.2 Å². The predicted molar refractivity (Wildman–Crippen MR) is 190 cm³/mol. The first-order valence-electron chi connectivity index (χ1n) is 17.8. The molecular weight excluding hydrogens is 579 g/mol. The molecule has 0 spiro atoms. The summed E-state index contributed by atoms with van der Waals surface area (Å²) in [5.74, 6) is 1.64. The largest absolute Gasteiger partial charge is 0.482 e. The highest BCUT2D eigenvalue weighted by Gasteiger charge is 2.35. The van der Waals surface area contributed by atoms with Crippen molar-refractivity contribution in [2.75, 3.05) is 0 Å². The molecule has 8 rings (SSSR count). The van der Waals surface area contributed by atoms with Gasteiger partial charge in [-0.25, -0.2) is 15.0 Å². The molecule has 1 aliphatic heterocycles. The molecule has 5 aromatic carbocycles. The van der Waals surface area contributed by atoms with Crippen molar-refractivity contribution >= 4 is 13.3 Å². The SMILES string of the molecule is [2H]c1c([2H])c([Si](C)(C)C)c([2H])c([2H])c1-c1nc(-c2cccc(-c3ccc4c(c3)C(C)(C)c3ccccc3-4)c2)nc(C2Cc3ccccc3O2)n1. The second kappa shape index (κ2) is 10.6. The maximum absolute atomic E-state index is 9.04. The quantitative estimate of drug-likeness (QED) is 0.180. The average Bonchev–Trinajstić information content (AvgIpc) is 3.64. The molecule has 0 saturated carbocycles. The van der Waals surface area contributed by atoms with Gasteiger partial charge in [0, 0.05) is 23.0 Å². The monoisotopic (exact) mass is 619 g/mol. The molecule has 0 N–H and O–H groups in total. The zero-order chi connectivity index (χ0) is 35.1. The van der Waals surface area contributed by atoms with Crippen LogP contribution >= 0.6 is 0 Å². The Labute approximate surface area is 277 Å². The van der Waals surface area contributed by atoms with E-state index in [1.807, 2.05) is 56.0 Å². The third-order valence-electron chi connectivity index (χ3n) is 9.22. The summed E-state index contributed by atoms with van der Waals surface area (Å²) in [5, 5.41) is 0.494. The van der Waals surface area contributed by atoms with Gasteiger partial charge in [0.15, 0.2) is 23.6 Å². The van der Waals surface area contributed by atoms with E-state index in [2.05, 4.69) is 68.4 Å². The van der Waals surface area contributed by atoms with E-state index >= 15 is 0 Å². The fourth-order valence-electron chi connectivity index (χ4n) is 6.62. The summed E-state index contributed by atoms with van der Waals surface area (Å²) >= 11 is 0. The van der Waals surface area contributed by atoms with Gasteiger partial charge in [-0.3, -0.25) is 0 Å². The van der Waals surface area contributed by atoms with Gasteiger partial charge in [0.05, 0.1) is 13.6 Å². The molecule has 1 aromatic heterocycles. The lowest BCUT2D eigenvalue weighted by Gasteiger charge is -2.22. The Morgan fingerprint density at radius 1 is 0.674 bits per heavy atom. The molecule has 1 atom stereocenters. The first kappa shape index (κ1) is 24.4. The zero-order valence-electron chi connectivity index (χ0n) is 30.7. The van der Waals surface area contributed by atoms with Crippen molar-refractivity contribution in [1.29, 1.82) is 0 Å². The fraction of sp³-hybridized carbons (Fsp3) is 0.195. The molecule has 0 amide bonds. The fourth-order valence-corrected chi connectivity index (χ4v) is 7.50. The molecule has 5 heteroatoms. The Bertz CT molecular complexity index is 2310. The van der Waals surface area contributed by atoms with Gasteiger partial charge in [-0.1, -0.05) is 136 Å². The molecule has 0 bridgehead atoms. The van der Waals surface area contributed by atoms with E-state index in [-0.39, 0.29) is 41.0 Å². The summed E-state index contributed by atoms with van der Waals surface area (Å²) in [6.07, 6.45) is 0.0720. The summed E-state index contributed by atoms with van der Waals surface area (Å²) in [5.41, 5.74) is 8.98. The number of benzene rings is 5.